The largest absolute Gasteiger partial charge is 0.473 e. The second kappa shape index (κ2) is 9.75. The van der Waals surface area contributed by atoms with Gasteiger partial charge in [0.2, 0.25) is 11.8 Å². The van der Waals surface area contributed by atoms with Gasteiger partial charge in [-0.05, 0) is 25.1 Å². The van der Waals surface area contributed by atoms with Gasteiger partial charge in [0.25, 0.3) is 0 Å². The smallest absolute Gasteiger partial charge is 0.225 e. The van der Waals surface area contributed by atoms with Gasteiger partial charge >= 0.3 is 0 Å². The summed E-state index contributed by atoms with van der Waals surface area (Å²) in [5, 5.41) is 3.40. The average Bonchev–Trinajstić information content (AvgIpc) is 2.82. The lowest BCUT2D eigenvalue weighted by Crippen LogP contribution is -2.58. The SMILES string of the molecule is Cc1c(Nc2ccc(S(C)(=O)=O)cc2F)ncnc1OC1C2COCC1CN(c1ncc(Cl)cn1)C2. The lowest BCUT2D eigenvalue weighted by atomic mass is 9.84. The minimum Gasteiger partial charge on any atom is -0.473 e. The first kappa shape index (κ1) is 24.6. The van der Waals surface area contributed by atoms with Crippen molar-refractivity contribution in [1.29, 1.82) is 0 Å². The molecule has 190 valence electrons. The molecule has 0 spiro atoms. The molecule has 4 heterocycles. The topological polar surface area (TPSA) is 119 Å². The Morgan fingerprint density at radius 2 is 1.83 bits per heavy atom. The van der Waals surface area contributed by atoms with Gasteiger partial charge in [-0.25, -0.2) is 32.7 Å². The van der Waals surface area contributed by atoms with E-state index in [0.29, 0.717) is 54.5 Å². The zero-order chi connectivity index (χ0) is 25.4. The first-order valence-electron chi connectivity index (χ1n) is 11.2. The highest BCUT2D eigenvalue weighted by molar-refractivity contribution is 7.90. The number of piperidine rings is 1. The Hall–Kier alpha value is -3.09. The number of hydrogen-bond acceptors (Lipinski definition) is 10. The Labute approximate surface area is 212 Å². The maximum Gasteiger partial charge on any atom is 0.225 e. The normalized spacial score (nSPS) is 21.8. The van der Waals surface area contributed by atoms with Gasteiger partial charge in [0.05, 0.1) is 46.8 Å². The highest BCUT2D eigenvalue weighted by Crippen LogP contribution is 2.34. The van der Waals surface area contributed by atoms with Crippen LogP contribution in [0.15, 0.2) is 41.8 Å². The van der Waals surface area contributed by atoms with Gasteiger partial charge in [0, 0.05) is 31.2 Å². The molecule has 0 radical (unpaired) electrons. The van der Waals surface area contributed by atoms with E-state index in [2.05, 4.69) is 30.2 Å². The van der Waals surface area contributed by atoms with Gasteiger partial charge in [-0.2, -0.15) is 0 Å². The van der Waals surface area contributed by atoms with Crippen molar-refractivity contribution in [3.63, 3.8) is 0 Å². The molecule has 5 rings (SSSR count). The van der Waals surface area contributed by atoms with Gasteiger partial charge in [0.15, 0.2) is 9.84 Å². The molecule has 0 saturated carbocycles. The molecule has 2 fully saturated rings. The predicted octanol–water partition coefficient (Wildman–Crippen LogP) is 3.04. The monoisotopic (exact) mass is 534 g/mol. The molecule has 2 atom stereocenters. The van der Waals surface area contributed by atoms with Crippen LogP contribution in [0.3, 0.4) is 0 Å². The zero-order valence-corrected chi connectivity index (χ0v) is 21.1. The molecule has 2 aliphatic rings. The van der Waals surface area contributed by atoms with E-state index < -0.39 is 15.7 Å². The number of halogens is 2. The number of nitrogens with one attached hydrogen (secondary N) is 1. The average molecular weight is 535 g/mol. The Morgan fingerprint density at radius 3 is 2.47 bits per heavy atom. The maximum absolute atomic E-state index is 14.6. The van der Waals surface area contributed by atoms with Crippen LogP contribution in [0, 0.1) is 24.6 Å². The highest BCUT2D eigenvalue weighted by Gasteiger charge is 2.43. The molecule has 1 N–H and O–H groups in total. The van der Waals surface area contributed by atoms with E-state index in [4.69, 9.17) is 21.1 Å². The van der Waals surface area contributed by atoms with Crippen molar-refractivity contribution in [3.05, 3.63) is 53.3 Å². The molecule has 2 aliphatic heterocycles. The number of ether oxygens (including phenoxy) is 2. The highest BCUT2D eigenvalue weighted by atomic mass is 35.5. The molecular weight excluding hydrogens is 511 g/mol. The van der Waals surface area contributed by atoms with Crippen molar-refractivity contribution in [2.75, 3.05) is 42.8 Å². The van der Waals surface area contributed by atoms with Crippen LogP contribution in [0.4, 0.5) is 21.8 Å². The van der Waals surface area contributed by atoms with Crippen LogP contribution in [-0.4, -0.2) is 67.0 Å². The number of aromatic nitrogens is 4. The first-order chi connectivity index (χ1) is 17.2. The lowest BCUT2D eigenvalue weighted by Gasteiger charge is -2.46. The van der Waals surface area contributed by atoms with Crippen molar-refractivity contribution in [2.45, 2.75) is 17.9 Å². The van der Waals surface area contributed by atoms with E-state index in [1.807, 2.05) is 0 Å². The zero-order valence-electron chi connectivity index (χ0n) is 19.6. The summed E-state index contributed by atoms with van der Waals surface area (Å²) in [5.74, 6) is 0.774. The van der Waals surface area contributed by atoms with Crippen LogP contribution in [0.2, 0.25) is 5.02 Å². The van der Waals surface area contributed by atoms with Crippen molar-refractivity contribution < 1.29 is 22.3 Å². The van der Waals surface area contributed by atoms with Crippen LogP contribution in [-0.2, 0) is 14.6 Å². The predicted molar refractivity (Wildman–Crippen MR) is 131 cm³/mol. The van der Waals surface area contributed by atoms with Gasteiger partial charge in [-0.1, -0.05) is 11.6 Å². The molecule has 2 saturated heterocycles. The van der Waals surface area contributed by atoms with E-state index in [-0.39, 0.29) is 28.5 Å². The lowest BCUT2D eigenvalue weighted by molar-refractivity contribution is -0.0771. The quantitative estimate of drug-likeness (QED) is 0.505. The summed E-state index contributed by atoms with van der Waals surface area (Å²) in [6.07, 6.45) is 5.38. The third-order valence-electron chi connectivity index (χ3n) is 6.30. The third-order valence-corrected chi connectivity index (χ3v) is 7.61. The van der Waals surface area contributed by atoms with Crippen LogP contribution in [0.25, 0.3) is 0 Å². The Kier molecular flexibility index (Phi) is 6.66. The van der Waals surface area contributed by atoms with E-state index in [0.717, 1.165) is 12.3 Å². The van der Waals surface area contributed by atoms with E-state index >= 15 is 0 Å². The molecule has 10 nitrogen and oxygen atoms in total. The summed E-state index contributed by atoms with van der Waals surface area (Å²) < 4.78 is 50.2. The molecule has 0 amide bonds. The van der Waals surface area contributed by atoms with Gasteiger partial charge in [-0.3, -0.25) is 0 Å². The molecule has 0 aliphatic carbocycles. The van der Waals surface area contributed by atoms with Gasteiger partial charge in [0.1, 0.15) is 24.1 Å². The molecule has 2 bridgehead atoms. The Morgan fingerprint density at radius 1 is 1.14 bits per heavy atom. The molecule has 36 heavy (non-hydrogen) atoms. The second-order valence-corrected chi connectivity index (χ2v) is 11.4. The summed E-state index contributed by atoms with van der Waals surface area (Å²) in [7, 11) is -3.52. The number of rotatable bonds is 6. The molecular formula is C23H24ClFN6O4S. The Bertz CT molecular complexity index is 1360. The van der Waals surface area contributed by atoms with Crippen LogP contribution in [0.1, 0.15) is 5.56 Å². The molecule has 2 unspecified atom stereocenters. The standard InChI is InChI=1S/C23H24ClFN6O4S/c1-13-21(30-19-4-3-17(5-18(19)25)36(2,32)33)28-12-29-22(13)35-20-14-8-31(9-15(20)11-34-10-14)23-26-6-16(24)7-27-23/h3-7,12,14-15,20H,8-11H2,1-2H3,(H,28,29,30). The fraction of sp³-hybridized carbons (Fsp3) is 0.391. The molecule has 2 aromatic heterocycles. The van der Waals surface area contributed by atoms with E-state index in [1.165, 1.54) is 18.5 Å². The number of hydrogen-bond donors (Lipinski definition) is 1. The van der Waals surface area contributed by atoms with Crippen molar-refractivity contribution in [1.82, 2.24) is 19.9 Å². The summed E-state index contributed by atoms with van der Waals surface area (Å²) in [5.41, 5.74) is 0.697. The fourth-order valence-electron chi connectivity index (χ4n) is 4.49. The second-order valence-electron chi connectivity index (χ2n) is 8.94. The fourth-order valence-corrected chi connectivity index (χ4v) is 5.22. The number of sulfone groups is 1. The van der Waals surface area contributed by atoms with Crippen LogP contribution >= 0.6 is 11.6 Å². The minimum absolute atomic E-state index is 0.0588. The van der Waals surface area contributed by atoms with Crippen LogP contribution in [0.5, 0.6) is 5.88 Å². The molecule has 13 heteroatoms. The first-order valence-corrected chi connectivity index (χ1v) is 13.5. The summed E-state index contributed by atoms with van der Waals surface area (Å²) in [6, 6.07) is 3.68. The third kappa shape index (κ3) is 5.06. The minimum atomic E-state index is -3.52. The van der Waals surface area contributed by atoms with E-state index in [1.54, 1.807) is 19.3 Å². The number of nitrogens with zero attached hydrogens (tertiary/aromatic N) is 5. The summed E-state index contributed by atoms with van der Waals surface area (Å²) >= 11 is 5.93. The van der Waals surface area contributed by atoms with Gasteiger partial charge in [-0.15, -0.1) is 0 Å². The van der Waals surface area contributed by atoms with E-state index in [9.17, 15) is 12.8 Å². The van der Waals surface area contributed by atoms with Crippen molar-refractivity contribution in [3.8, 4) is 5.88 Å². The van der Waals surface area contributed by atoms with Crippen molar-refractivity contribution >= 4 is 38.9 Å². The molecule has 3 aromatic rings. The maximum atomic E-state index is 14.6. The summed E-state index contributed by atoms with van der Waals surface area (Å²) in [4.78, 5) is 19.2. The summed E-state index contributed by atoms with van der Waals surface area (Å²) in [6.45, 7) is 4.13. The number of anilines is 3. The van der Waals surface area contributed by atoms with Crippen LogP contribution < -0.4 is 15.0 Å². The van der Waals surface area contributed by atoms with Crippen molar-refractivity contribution in [2.24, 2.45) is 11.8 Å². The number of benzene rings is 1. The van der Waals surface area contributed by atoms with Gasteiger partial charge < -0.3 is 19.7 Å². The molecule has 1 aromatic carbocycles. The Balaban J connectivity index is 1.33. The number of fused-ring (bicyclic) bond motifs is 2.